The molecule has 0 saturated heterocycles. The monoisotopic (exact) mass is 469 g/mol. The normalized spacial score (nSPS) is 13.5. The van der Waals surface area contributed by atoms with Gasteiger partial charge in [-0.2, -0.15) is 0 Å². The number of benzene rings is 2. The average Bonchev–Trinajstić information content (AvgIpc) is 3.14. The third kappa shape index (κ3) is 4.33. The summed E-state index contributed by atoms with van der Waals surface area (Å²) in [6.45, 7) is 3.82. The topological polar surface area (TPSA) is 80.8 Å². The van der Waals surface area contributed by atoms with Crippen LogP contribution < -0.4 is 4.31 Å². The Morgan fingerprint density at radius 2 is 1.78 bits per heavy atom. The lowest BCUT2D eigenvalue weighted by Crippen LogP contribution is -2.35. The van der Waals surface area contributed by atoms with Crippen molar-refractivity contribution in [2.75, 3.05) is 17.5 Å². The van der Waals surface area contributed by atoms with Crippen LogP contribution in [0.15, 0.2) is 59.5 Å². The zero-order chi connectivity index (χ0) is 22.9. The molecule has 3 aromatic rings. The summed E-state index contributed by atoms with van der Waals surface area (Å²) in [6, 6.07) is 14.9. The van der Waals surface area contributed by atoms with Crippen LogP contribution in [-0.4, -0.2) is 33.3 Å². The third-order valence-electron chi connectivity index (χ3n) is 5.42. The summed E-state index contributed by atoms with van der Waals surface area (Å²) in [6.07, 6.45) is 1.59. The van der Waals surface area contributed by atoms with E-state index in [2.05, 4.69) is 0 Å². The van der Waals surface area contributed by atoms with E-state index in [1.165, 1.54) is 39.9 Å². The van der Waals surface area contributed by atoms with Gasteiger partial charge in [0.25, 0.3) is 10.0 Å². The van der Waals surface area contributed by atoms with Crippen LogP contribution in [0.3, 0.4) is 0 Å². The van der Waals surface area contributed by atoms with Crippen molar-refractivity contribution in [3.05, 3.63) is 81.0 Å². The van der Waals surface area contributed by atoms with Gasteiger partial charge in [-0.15, -0.1) is 11.3 Å². The highest BCUT2D eigenvalue weighted by atomic mass is 32.2. The van der Waals surface area contributed by atoms with Gasteiger partial charge in [0.2, 0.25) is 5.78 Å². The molecule has 0 aliphatic carbocycles. The number of anilines is 1. The third-order valence-corrected chi connectivity index (χ3v) is 8.21. The zero-order valence-corrected chi connectivity index (χ0v) is 19.5. The van der Waals surface area contributed by atoms with Crippen molar-refractivity contribution in [2.45, 2.75) is 31.6 Å². The maximum Gasteiger partial charge on any atom is 0.338 e. The van der Waals surface area contributed by atoms with Crippen molar-refractivity contribution in [1.82, 2.24) is 0 Å². The predicted molar refractivity (Wildman–Crippen MR) is 124 cm³/mol. The molecule has 4 rings (SSSR count). The Labute approximate surface area is 191 Å². The van der Waals surface area contributed by atoms with Crippen LogP contribution in [0, 0.1) is 13.8 Å². The number of ether oxygens (including phenoxy) is 1. The molecule has 0 amide bonds. The predicted octanol–water partition coefficient (Wildman–Crippen LogP) is 4.55. The van der Waals surface area contributed by atoms with Gasteiger partial charge < -0.3 is 4.74 Å². The maximum atomic E-state index is 13.2. The second kappa shape index (κ2) is 8.88. The van der Waals surface area contributed by atoms with E-state index in [1.54, 1.807) is 6.07 Å². The van der Waals surface area contributed by atoms with Gasteiger partial charge in [-0.25, -0.2) is 13.2 Å². The SMILES string of the molecule is Cc1cc(C(=O)COC(=O)c2ccc(S(=O)(=O)N3CCCc4ccccc43)cc2)c(C)s1. The number of fused-ring (bicyclic) bond motifs is 1. The lowest BCUT2D eigenvalue weighted by Gasteiger charge is -2.30. The molecule has 6 nitrogen and oxygen atoms in total. The second-order valence-corrected chi connectivity index (χ2v) is 11.0. The van der Waals surface area contributed by atoms with Gasteiger partial charge in [-0.1, -0.05) is 18.2 Å². The summed E-state index contributed by atoms with van der Waals surface area (Å²) in [7, 11) is -3.75. The first kappa shape index (κ1) is 22.2. The Kier molecular flexibility index (Phi) is 6.17. The molecule has 0 atom stereocenters. The van der Waals surface area contributed by atoms with Crippen molar-refractivity contribution in [3.8, 4) is 0 Å². The summed E-state index contributed by atoms with van der Waals surface area (Å²) in [5.74, 6) is -0.932. The van der Waals surface area contributed by atoms with Gasteiger partial charge >= 0.3 is 5.97 Å². The minimum Gasteiger partial charge on any atom is -0.454 e. The van der Waals surface area contributed by atoms with E-state index < -0.39 is 16.0 Å². The van der Waals surface area contributed by atoms with Gasteiger partial charge in [0.15, 0.2) is 6.61 Å². The number of para-hydroxylation sites is 1. The average molecular weight is 470 g/mol. The molecule has 0 radical (unpaired) electrons. The van der Waals surface area contributed by atoms with E-state index in [1.807, 2.05) is 38.1 Å². The Bertz CT molecular complexity index is 1280. The highest BCUT2D eigenvalue weighted by Gasteiger charge is 2.29. The van der Waals surface area contributed by atoms with Crippen LogP contribution >= 0.6 is 11.3 Å². The van der Waals surface area contributed by atoms with Gasteiger partial charge in [0.1, 0.15) is 0 Å². The zero-order valence-electron chi connectivity index (χ0n) is 17.8. The first-order chi connectivity index (χ1) is 15.3. The van der Waals surface area contributed by atoms with Crippen molar-refractivity contribution in [2.24, 2.45) is 0 Å². The molecule has 2 heterocycles. The molecular formula is C24H23NO5S2. The van der Waals surface area contributed by atoms with Crippen LogP contribution in [-0.2, 0) is 21.2 Å². The van der Waals surface area contributed by atoms with E-state index in [0.29, 0.717) is 17.8 Å². The van der Waals surface area contributed by atoms with Gasteiger partial charge in [0, 0.05) is 21.9 Å². The standard InChI is InChI=1S/C24H23NO5S2/c1-16-14-21(17(2)31-16)23(26)15-30-24(27)19-9-11-20(12-10-19)32(28,29)25-13-5-7-18-6-3-4-8-22(18)25/h3-4,6,8-12,14H,5,7,13,15H2,1-2H3. The number of carbonyl (C=O) groups is 2. The molecular weight excluding hydrogens is 446 g/mol. The summed E-state index contributed by atoms with van der Waals surface area (Å²) in [4.78, 5) is 26.7. The summed E-state index contributed by atoms with van der Waals surface area (Å²) in [5.41, 5.74) is 2.44. The van der Waals surface area contributed by atoms with Gasteiger partial charge in [0.05, 0.1) is 16.1 Å². The molecule has 1 aromatic heterocycles. The first-order valence-electron chi connectivity index (χ1n) is 10.3. The number of Topliss-reactive ketones (excluding diaryl/α,β-unsaturated/α-hetero) is 1. The Balaban J connectivity index is 1.46. The van der Waals surface area contributed by atoms with E-state index in [0.717, 1.165) is 28.2 Å². The molecule has 0 saturated carbocycles. The summed E-state index contributed by atoms with van der Waals surface area (Å²) >= 11 is 1.52. The molecule has 0 N–H and O–H groups in total. The molecule has 1 aliphatic heterocycles. The number of nitrogens with zero attached hydrogens (tertiary/aromatic N) is 1. The smallest absolute Gasteiger partial charge is 0.338 e. The fraction of sp³-hybridized carbons (Fsp3) is 0.250. The molecule has 0 unspecified atom stereocenters. The van der Waals surface area contributed by atoms with Gasteiger partial charge in [-0.3, -0.25) is 9.10 Å². The number of hydrogen-bond acceptors (Lipinski definition) is 6. The second-order valence-electron chi connectivity index (χ2n) is 7.66. The Morgan fingerprint density at radius 1 is 1.06 bits per heavy atom. The van der Waals surface area contributed by atoms with Crippen LogP contribution in [0.5, 0.6) is 0 Å². The van der Waals surface area contributed by atoms with Crippen LogP contribution in [0.25, 0.3) is 0 Å². The molecule has 166 valence electrons. The summed E-state index contributed by atoms with van der Waals surface area (Å²) < 4.78 is 33.0. The van der Waals surface area contributed by atoms with Crippen LogP contribution in [0.2, 0.25) is 0 Å². The quantitative estimate of drug-likeness (QED) is 0.391. The molecule has 0 spiro atoms. The number of ketones is 1. The van der Waals surface area contributed by atoms with Crippen LogP contribution in [0.1, 0.15) is 42.5 Å². The lowest BCUT2D eigenvalue weighted by atomic mass is 10.0. The number of carbonyl (C=O) groups excluding carboxylic acids is 2. The van der Waals surface area contributed by atoms with Crippen molar-refractivity contribution in [1.29, 1.82) is 0 Å². The lowest BCUT2D eigenvalue weighted by molar-refractivity contribution is 0.0474. The fourth-order valence-corrected chi connectivity index (χ4v) is 6.32. The fourth-order valence-electron chi connectivity index (χ4n) is 3.84. The number of hydrogen-bond donors (Lipinski definition) is 0. The van der Waals surface area contributed by atoms with E-state index in [-0.39, 0.29) is 22.8 Å². The molecule has 8 heteroatoms. The van der Waals surface area contributed by atoms with E-state index in [9.17, 15) is 18.0 Å². The maximum absolute atomic E-state index is 13.2. The Morgan fingerprint density at radius 3 is 2.47 bits per heavy atom. The van der Waals surface area contributed by atoms with Crippen molar-refractivity contribution in [3.63, 3.8) is 0 Å². The highest BCUT2D eigenvalue weighted by Crippen LogP contribution is 2.31. The highest BCUT2D eigenvalue weighted by molar-refractivity contribution is 7.92. The minimum atomic E-state index is -3.75. The largest absolute Gasteiger partial charge is 0.454 e. The van der Waals surface area contributed by atoms with E-state index >= 15 is 0 Å². The van der Waals surface area contributed by atoms with Crippen molar-refractivity contribution < 1.29 is 22.7 Å². The molecule has 0 fully saturated rings. The minimum absolute atomic E-state index is 0.103. The first-order valence-corrected chi connectivity index (χ1v) is 12.5. The number of thiophene rings is 1. The number of esters is 1. The van der Waals surface area contributed by atoms with Crippen LogP contribution in [0.4, 0.5) is 5.69 Å². The molecule has 1 aliphatic rings. The molecule has 32 heavy (non-hydrogen) atoms. The molecule has 2 aromatic carbocycles. The number of aryl methyl sites for hydroxylation is 3. The number of sulfonamides is 1. The molecule has 0 bridgehead atoms. The number of rotatable bonds is 6. The Hall–Kier alpha value is -2.97. The summed E-state index contributed by atoms with van der Waals surface area (Å²) in [5, 5.41) is 0. The van der Waals surface area contributed by atoms with E-state index in [4.69, 9.17) is 4.74 Å². The van der Waals surface area contributed by atoms with Gasteiger partial charge in [-0.05, 0) is 68.7 Å². The van der Waals surface area contributed by atoms with Crippen molar-refractivity contribution >= 4 is 38.8 Å².